The molecule has 0 N–H and O–H groups in total. The average Bonchev–Trinajstić information content (AvgIpc) is 2.70. The van der Waals surface area contributed by atoms with Crippen molar-refractivity contribution < 1.29 is 34.8 Å². The number of rotatable bonds is 2. The van der Waals surface area contributed by atoms with E-state index < -0.39 is 33.5 Å². The van der Waals surface area contributed by atoms with Crippen LogP contribution >= 0.6 is 0 Å². The lowest BCUT2D eigenvalue weighted by Crippen LogP contribution is -2.20. The van der Waals surface area contributed by atoms with Crippen LogP contribution in [0.3, 0.4) is 0 Å². The summed E-state index contributed by atoms with van der Waals surface area (Å²) in [7, 11) is -4.34. The summed E-state index contributed by atoms with van der Waals surface area (Å²) in [6.45, 7) is 1.69. The van der Waals surface area contributed by atoms with Crippen LogP contribution < -0.4 is 0 Å². The molecule has 0 saturated carbocycles. The van der Waals surface area contributed by atoms with E-state index in [9.17, 15) is 34.8 Å². The van der Waals surface area contributed by atoms with Gasteiger partial charge in [-0.05, 0) is 31.2 Å². The van der Waals surface area contributed by atoms with Crippen molar-refractivity contribution >= 4 is 10.0 Å². The highest BCUT2D eigenvalue weighted by Gasteiger charge is 2.44. The van der Waals surface area contributed by atoms with E-state index in [2.05, 4.69) is 0 Å². The molecular formula is C15H11F6NO2S. The molecule has 0 unspecified atom stereocenters. The van der Waals surface area contributed by atoms with Gasteiger partial charge in [-0.15, -0.1) is 0 Å². The number of alkyl halides is 6. The molecule has 0 saturated heterocycles. The van der Waals surface area contributed by atoms with Crippen molar-refractivity contribution in [2.75, 3.05) is 0 Å². The maximum Gasteiger partial charge on any atom is 0.417 e. The molecule has 0 spiro atoms. The largest absolute Gasteiger partial charge is 0.417 e. The summed E-state index contributed by atoms with van der Waals surface area (Å²) in [5, 5.41) is 0. The van der Waals surface area contributed by atoms with Crippen LogP contribution in [0.4, 0.5) is 26.3 Å². The van der Waals surface area contributed by atoms with Gasteiger partial charge in [-0.1, -0.05) is 17.7 Å². The van der Waals surface area contributed by atoms with Gasteiger partial charge < -0.3 is 0 Å². The zero-order valence-corrected chi connectivity index (χ0v) is 13.4. The van der Waals surface area contributed by atoms with Gasteiger partial charge in [-0.3, -0.25) is 0 Å². The molecular weight excluding hydrogens is 372 g/mol. The number of hydrogen-bond acceptors (Lipinski definition) is 2. The normalized spacial score (nSPS) is 16.4. The maximum atomic E-state index is 12.9. The highest BCUT2D eigenvalue weighted by atomic mass is 32.2. The minimum Gasteiger partial charge on any atom is -0.249 e. The summed E-state index contributed by atoms with van der Waals surface area (Å²) < 4.78 is 102. The third-order valence-electron chi connectivity index (χ3n) is 3.27. The maximum absolute atomic E-state index is 12.9. The van der Waals surface area contributed by atoms with Crippen molar-refractivity contribution in [3.63, 3.8) is 0 Å². The van der Waals surface area contributed by atoms with E-state index in [1.54, 1.807) is 6.92 Å². The molecule has 1 aromatic rings. The average molecular weight is 383 g/mol. The number of allylic oxidation sites excluding steroid dienone is 4. The highest BCUT2D eigenvalue weighted by molar-refractivity contribution is 7.89. The predicted molar refractivity (Wildman–Crippen MR) is 77.6 cm³/mol. The lowest BCUT2D eigenvalue weighted by atomic mass is 10.1. The quantitative estimate of drug-likeness (QED) is 0.708. The van der Waals surface area contributed by atoms with Gasteiger partial charge >= 0.3 is 12.4 Å². The van der Waals surface area contributed by atoms with Crippen LogP contribution in [0.5, 0.6) is 0 Å². The lowest BCUT2D eigenvalue weighted by molar-refractivity contribution is -0.110. The fourth-order valence-electron chi connectivity index (χ4n) is 2.01. The van der Waals surface area contributed by atoms with E-state index in [0.29, 0.717) is 16.7 Å². The van der Waals surface area contributed by atoms with Crippen molar-refractivity contribution in [2.45, 2.75) is 24.2 Å². The third kappa shape index (κ3) is 4.06. The Balaban J connectivity index is 2.52. The molecule has 25 heavy (non-hydrogen) atoms. The highest BCUT2D eigenvalue weighted by Crippen LogP contribution is 2.39. The number of hydrogen-bond donors (Lipinski definition) is 0. The minimum absolute atomic E-state index is 0.0918. The second kappa shape index (κ2) is 6.25. The smallest absolute Gasteiger partial charge is 0.249 e. The van der Waals surface area contributed by atoms with Crippen LogP contribution in [0.1, 0.15) is 5.56 Å². The molecule has 0 aromatic heterocycles. The van der Waals surface area contributed by atoms with Crippen molar-refractivity contribution in [3.05, 3.63) is 65.5 Å². The summed E-state index contributed by atoms with van der Waals surface area (Å²) in [5.74, 6) is 0. The fourth-order valence-corrected chi connectivity index (χ4v) is 3.18. The first-order valence-corrected chi connectivity index (χ1v) is 8.13. The van der Waals surface area contributed by atoms with Crippen LogP contribution in [-0.2, 0) is 10.0 Å². The Morgan fingerprint density at radius 1 is 0.800 bits per heavy atom. The van der Waals surface area contributed by atoms with E-state index in [1.165, 1.54) is 24.3 Å². The van der Waals surface area contributed by atoms with Gasteiger partial charge in [0.2, 0.25) is 0 Å². The molecule has 136 valence electrons. The first-order valence-electron chi connectivity index (χ1n) is 6.69. The molecule has 3 nitrogen and oxygen atoms in total. The number of nitrogens with zero attached hydrogens (tertiary/aromatic N) is 1. The number of benzene rings is 1. The van der Waals surface area contributed by atoms with Crippen molar-refractivity contribution in [1.82, 2.24) is 4.31 Å². The Labute approximate surface area is 139 Å². The van der Waals surface area contributed by atoms with Crippen LogP contribution in [0.2, 0.25) is 0 Å². The first kappa shape index (κ1) is 19.1. The number of halogens is 6. The van der Waals surface area contributed by atoms with E-state index in [4.69, 9.17) is 0 Å². The molecule has 1 aliphatic heterocycles. The Bertz CT molecular complexity index is 811. The summed E-state index contributed by atoms with van der Waals surface area (Å²) in [5.41, 5.74) is -3.21. The van der Waals surface area contributed by atoms with Crippen LogP contribution in [0, 0.1) is 6.92 Å². The van der Waals surface area contributed by atoms with Gasteiger partial charge in [0.25, 0.3) is 10.0 Å². The Morgan fingerprint density at radius 2 is 1.20 bits per heavy atom. The molecule has 2 rings (SSSR count). The van der Waals surface area contributed by atoms with Crippen molar-refractivity contribution in [1.29, 1.82) is 0 Å². The Morgan fingerprint density at radius 3 is 1.56 bits per heavy atom. The topological polar surface area (TPSA) is 37.4 Å². The fraction of sp³-hybridized carbons (Fsp3) is 0.200. The third-order valence-corrected chi connectivity index (χ3v) is 4.94. The predicted octanol–water partition coefficient (Wildman–Crippen LogP) is 4.45. The molecule has 0 atom stereocenters. The van der Waals surface area contributed by atoms with Crippen molar-refractivity contribution in [3.8, 4) is 0 Å². The SMILES string of the molecule is Cc1ccc(S(=O)(=O)N2C=CC(C(F)(F)F)=C(C(F)(F)F)C=C2)cc1. The standard InChI is InChI=1S/C15H11F6NO2S/c1-10-2-4-11(5-3-10)25(23,24)22-8-6-12(14(16,17)18)13(7-9-22)15(19,20)21/h2-9H,1H3. The summed E-state index contributed by atoms with van der Waals surface area (Å²) in [4.78, 5) is -0.267. The van der Waals surface area contributed by atoms with Gasteiger partial charge in [0, 0.05) is 12.4 Å². The molecule has 0 amide bonds. The summed E-state index contributed by atoms with van der Waals surface area (Å²) >= 11 is 0. The van der Waals surface area contributed by atoms with Gasteiger partial charge in [-0.25, -0.2) is 12.7 Å². The van der Waals surface area contributed by atoms with E-state index >= 15 is 0 Å². The molecule has 1 aromatic carbocycles. The zero-order chi connectivity index (χ0) is 19.0. The molecule has 0 radical (unpaired) electrons. The molecule has 10 heteroatoms. The summed E-state index contributed by atoms with van der Waals surface area (Å²) in [6, 6.07) is 5.33. The van der Waals surface area contributed by atoms with Crippen LogP contribution in [0.15, 0.2) is 64.9 Å². The minimum atomic E-state index is -5.30. The monoisotopic (exact) mass is 383 g/mol. The Kier molecular flexibility index (Phi) is 4.77. The van der Waals surface area contributed by atoms with Crippen LogP contribution in [0.25, 0.3) is 0 Å². The van der Waals surface area contributed by atoms with Gasteiger partial charge in [0.05, 0.1) is 16.0 Å². The first-order chi connectivity index (χ1) is 11.3. The number of aryl methyl sites for hydroxylation is 1. The van der Waals surface area contributed by atoms with Gasteiger partial charge in [0.15, 0.2) is 0 Å². The lowest BCUT2D eigenvalue weighted by Gasteiger charge is -2.15. The molecule has 0 aliphatic carbocycles. The zero-order valence-electron chi connectivity index (χ0n) is 12.6. The van der Waals surface area contributed by atoms with Gasteiger partial charge in [-0.2, -0.15) is 26.3 Å². The Hall–Kier alpha value is -2.23. The molecule has 0 bridgehead atoms. The van der Waals surface area contributed by atoms with E-state index in [-0.39, 0.29) is 17.0 Å². The van der Waals surface area contributed by atoms with Crippen LogP contribution in [-0.4, -0.2) is 25.1 Å². The molecule has 0 fully saturated rings. The van der Waals surface area contributed by atoms with Gasteiger partial charge in [0.1, 0.15) is 0 Å². The summed E-state index contributed by atoms with van der Waals surface area (Å²) in [6.07, 6.45) is -9.53. The number of sulfonamides is 1. The van der Waals surface area contributed by atoms with E-state index in [0.717, 1.165) is 5.56 Å². The molecule has 1 heterocycles. The van der Waals surface area contributed by atoms with E-state index in [1.807, 2.05) is 0 Å². The second-order valence-electron chi connectivity index (χ2n) is 5.10. The molecule has 1 aliphatic rings. The van der Waals surface area contributed by atoms with Crippen molar-refractivity contribution in [2.24, 2.45) is 0 Å². The second-order valence-corrected chi connectivity index (χ2v) is 6.95.